The first-order valence-corrected chi connectivity index (χ1v) is 7.85. The van der Waals surface area contributed by atoms with Gasteiger partial charge in [0.1, 0.15) is 0 Å². The molecule has 0 amide bonds. The summed E-state index contributed by atoms with van der Waals surface area (Å²) in [4.78, 5) is 11.6. The molecular formula is C17H23NO3. The maximum atomic E-state index is 11.6. The van der Waals surface area contributed by atoms with Crippen molar-refractivity contribution in [3.63, 3.8) is 0 Å². The van der Waals surface area contributed by atoms with Crippen LogP contribution in [0.5, 0.6) is 0 Å². The zero-order valence-corrected chi connectivity index (χ0v) is 12.7. The molecule has 0 saturated carbocycles. The van der Waals surface area contributed by atoms with Gasteiger partial charge in [0.2, 0.25) is 0 Å². The Balaban J connectivity index is 1.85. The van der Waals surface area contributed by atoms with Crippen molar-refractivity contribution in [2.24, 2.45) is 5.92 Å². The van der Waals surface area contributed by atoms with E-state index in [0.29, 0.717) is 25.0 Å². The molecule has 4 nitrogen and oxygen atoms in total. The number of hydrogen-bond donors (Lipinski definition) is 1. The first-order chi connectivity index (χ1) is 10.2. The molecule has 1 saturated heterocycles. The smallest absolute Gasteiger partial charge is 0.310 e. The SMILES string of the molecule is CCOC(=O)Cc1ccc2c(c1)[C@H]1OCCC[C@H]1[C@H](C)N2. The van der Waals surface area contributed by atoms with Gasteiger partial charge in [-0.3, -0.25) is 4.79 Å². The molecule has 1 N–H and O–H groups in total. The lowest BCUT2D eigenvalue weighted by atomic mass is 9.80. The van der Waals surface area contributed by atoms with Crippen LogP contribution < -0.4 is 5.32 Å². The Bertz CT molecular complexity index is 529. The van der Waals surface area contributed by atoms with Gasteiger partial charge in [0.05, 0.1) is 19.1 Å². The highest BCUT2D eigenvalue weighted by Gasteiger charge is 2.37. The summed E-state index contributed by atoms with van der Waals surface area (Å²) >= 11 is 0. The Labute approximate surface area is 125 Å². The number of carbonyl (C=O) groups excluding carboxylic acids is 1. The van der Waals surface area contributed by atoms with Crippen molar-refractivity contribution >= 4 is 11.7 Å². The van der Waals surface area contributed by atoms with Gasteiger partial charge >= 0.3 is 5.97 Å². The first-order valence-electron chi connectivity index (χ1n) is 7.85. The average Bonchev–Trinajstić information content (AvgIpc) is 2.48. The van der Waals surface area contributed by atoms with E-state index in [2.05, 4.69) is 24.4 Å². The number of esters is 1. The van der Waals surface area contributed by atoms with E-state index in [0.717, 1.165) is 24.3 Å². The van der Waals surface area contributed by atoms with Crippen LogP contribution in [0.3, 0.4) is 0 Å². The minimum Gasteiger partial charge on any atom is -0.466 e. The molecule has 0 aliphatic carbocycles. The Morgan fingerprint density at radius 2 is 2.33 bits per heavy atom. The molecule has 114 valence electrons. The van der Waals surface area contributed by atoms with Crippen LogP contribution in [0.15, 0.2) is 18.2 Å². The Morgan fingerprint density at radius 3 is 3.14 bits per heavy atom. The van der Waals surface area contributed by atoms with Gasteiger partial charge in [-0.15, -0.1) is 0 Å². The standard InChI is InChI=1S/C17H23NO3/c1-3-20-16(19)10-12-6-7-15-14(9-12)17-13(11(2)18-15)5-4-8-21-17/h6-7,9,11,13,17-18H,3-5,8,10H2,1-2H3/t11-,13-,17-/m0/s1. The van der Waals surface area contributed by atoms with E-state index in [9.17, 15) is 4.79 Å². The van der Waals surface area contributed by atoms with E-state index in [-0.39, 0.29) is 12.1 Å². The van der Waals surface area contributed by atoms with Crippen molar-refractivity contribution in [2.45, 2.75) is 45.3 Å². The molecule has 2 aliphatic rings. The van der Waals surface area contributed by atoms with Crippen LogP contribution in [0.2, 0.25) is 0 Å². The van der Waals surface area contributed by atoms with E-state index in [1.807, 2.05) is 13.0 Å². The summed E-state index contributed by atoms with van der Waals surface area (Å²) in [6.45, 7) is 5.31. The Morgan fingerprint density at radius 1 is 1.48 bits per heavy atom. The molecule has 1 aromatic carbocycles. The number of hydrogen-bond acceptors (Lipinski definition) is 4. The third-order valence-corrected chi connectivity index (χ3v) is 4.47. The van der Waals surface area contributed by atoms with Crippen LogP contribution in [-0.2, 0) is 20.7 Å². The molecule has 0 bridgehead atoms. The molecule has 0 aromatic heterocycles. The van der Waals surface area contributed by atoms with E-state index in [1.165, 1.54) is 12.0 Å². The second kappa shape index (κ2) is 6.06. The highest BCUT2D eigenvalue weighted by atomic mass is 16.5. The van der Waals surface area contributed by atoms with Crippen LogP contribution in [0, 0.1) is 5.92 Å². The van der Waals surface area contributed by atoms with Crippen LogP contribution in [0.25, 0.3) is 0 Å². The molecular weight excluding hydrogens is 266 g/mol. The average molecular weight is 289 g/mol. The maximum Gasteiger partial charge on any atom is 0.310 e. The van der Waals surface area contributed by atoms with Gasteiger partial charge in [-0.2, -0.15) is 0 Å². The predicted octanol–water partition coefficient (Wildman–Crippen LogP) is 3.07. The van der Waals surface area contributed by atoms with E-state index < -0.39 is 0 Å². The van der Waals surface area contributed by atoms with Crippen LogP contribution >= 0.6 is 0 Å². The van der Waals surface area contributed by atoms with E-state index in [4.69, 9.17) is 9.47 Å². The first kappa shape index (κ1) is 14.4. The topological polar surface area (TPSA) is 47.6 Å². The molecule has 4 heteroatoms. The molecule has 0 unspecified atom stereocenters. The minimum atomic E-state index is -0.171. The van der Waals surface area contributed by atoms with Gasteiger partial charge in [-0.05, 0) is 38.3 Å². The van der Waals surface area contributed by atoms with Gasteiger partial charge in [0.15, 0.2) is 0 Å². The third kappa shape index (κ3) is 2.91. The van der Waals surface area contributed by atoms with Crippen LogP contribution in [0.4, 0.5) is 5.69 Å². The van der Waals surface area contributed by atoms with Crippen molar-refractivity contribution in [2.75, 3.05) is 18.5 Å². The summed E-state index contributed by atoms with van der Waals surface area (Å²) < 4.78 is 11.1. The van der Waals surface area contributed by atoms with Gasteiger partial charge in [0.25, 0.3) is 0 Å². The highest BCUT2D eigenvalue weighted by Crippen LogP contribution is 2.43. The number of benzene rings is 1. The van der Waals surface area contributed by atoms with E-state index >= 15 is 0 Å². The van der Waals surface area contributed by atoms with Gasteiger partial charge < -0.3 is 14.8 Å². The highest BCUT2D eigenvalue weighted by molar-refractivity contribution is 5.73. The number of fused-ring (bicyclic) bond motifs is 3. The third-order valence-electron chi connectivity index (χ3n) is 4.47. The fraction of sp³-hybridized carbons (Fsp3) is 0.588. The predicted molar refractivity (Wildman–Crippen MR) is 81.3 cm³/mol. The summed E-state index contributed by atoms with van der Waals surface area (Å²) in [7, 11) is 0. The summed E-state index contributed by atoms with van der Waals surface area (Å²) in [5.41, 5.74) is 3.33. The summed E-state index contributed by atoms with van der Waals surface area (Å²) in [6.07, 6.45) is 2.81. The summed E-state index contributed by atoms with van der Waals surface area (Å²) in [6, 6.07) is 6.60. The van der Waals surface area contributed by atoms with Gasteiger partial charge in [-0.1, -0.05) is 12.1 Å². The van der Waals surface area contributed by atoms with Crippen molar-refractivity contribution in [3.05, 3.63) is 29.3 Å². The maximum absolute atomic E-state index is 11.6. The zero-order chi connectivity index (χ0) is 14.8. The number of nitrogens with one attached hydrogen (secondary N) is 1. The lowest BCUT2D eigenvalue weighted by Gasteiger charge is -2.42. The van der Waals surface area contributed by atoms with Crippen molar-refractivity contribution in [1.82, 2.24) is 0 Å². The number of rotatable bonds is 3. The normalized spacial score (nSPS) is 27.2. The van der Waals surface area contributed by atoms with Gasteiger partial charge in [0, 0.05) is 29.8 Å². The number of carbonyl (C=O) groups is 1. The van der Waals surface area contributed by atoms with E-state index in [1.54, 1.807) is 0 Å². The van der Waals surface area contributed by atoms with Crippen LogP contribution in [-0.4, -0.2) is 25.2 Å². The Kier molecular flexibility index (Phi) is 4.15. The molecule has 3 rings (SSSR count). The summed E-state index contributed by atoms with van der Waals surface area (Å²) in [5, 5.41) is 3.57. The molecule has 21 heavy (non-hydrogen) atoms. The quantitative estimate of drug-likeness (QED) is 0.869. The number of ether oxygens (including phenoxy) is 2. The van der Waals surface area contributed by atoms with Crippen molar-refractivity contribution in [1.29, 1.82) is 0 Å². The monoisotopic (exact) mass is 289 g/mol. The van der Waals surface area contributed by atoms with Crippen molar-refractivity contribution in [3.8, 4) is 0 Å². The molecule has 2 heterocycles. The zero-order valence-electron chi connectivity index (χ0n) is 12.7. The fourth-order valence-corrected chi connectivity index (χ4v) is 3.46. The lowest BCUT2D eigenvalue weighted by molar-refractivity contribution is -0.142. The second-order valence-electron chi connectivity index (χ2n) is 5.93. The van der Waals surface area contributed by atoms with Crippen molar-refractivity contribution < 1.29 is 14.3 Å². The molecule has 1 aromatic rings. The van der Waals surface area contributed by atoms with Crippen LogP contribution in [0.1, 0.15) is 43.9 Å². The molecule has 0 radical (unpaired) electrons. The number of anilines is 1. The summed E-state index contributed by atoms with van der Waals surface area (Å²) in [5.74, 6) is 0.347. The second-order valence-corrected chi connectivity index (χ2v) is 5.93. The molecule has 0 spiro atoms. The largest absolute Gasteiger partial charge is 0.466 e. The molecule has 3 atom stereocenters. The fourth-order valence-electron chi connectivity index (χ4n) is 3.46. The molecule has 2 aliphatic heterocycles. The minimum absolute atomic E-state index is 0.159. The molecule has 1 fully saturated rings. The van der Waals surface area contributed by atoms with Gasteiger partial charge in [-0.25, -0.2) is 0 Å². The lowest BCUT2D eigenvalue weighted by Crippen LogP contribution is -2.39. The Hall–Kier alpha value is -1.55.